The van der Waals surface area contributed by atoms with E-state index in [0.717, 1.165) is 34.6 Å². The summed E-state index contributed by atoms with van der Waals surface area (Å²) in [5.41, 5.74) is 3.84. The number of benzene rings is 3. The van der Waals surface area contributed by atoms with Gasteiger partial charge in [0.2, 0.25) is 0 Å². The van der Waals surface area contributed by atoms with Crippen molar-refractivity contribution in [1.82, 2.24) is 9.47 Å². The number of amides is 1. The van der Waals surface area contributed by atoms with Crippen LogP contribution in [0.5, 0.6) is 0 Å². The van der Waals surface area contributed by atoms with Gasteiger partial charge in [0.05, 0.1) is 5.56 Å². The number of alkyl halides is 3. The summed E-state index contributed by atoms with van der Waals surface area (Å²) in [4.78, 5) is 39.3. The van der Waals surface area contributed by atoms with Crippen molar-refractivity contribution in [2.75, 3.05) is 13.6 Å². The van der Waals surface area contributed by atoms with Gasteiger partial charge in [-0.3, -0.25) is 14.4 Å². The molecule has 4 aromatic rings. The first-order valence-corrected chi connectivity index (χ1v) is 13.7. The van der Waals surface area contributed by atoms with Crippen LogP contribution in [0.4, 0.5) is 13.2 Å². The van der Waals surface area contributed by atoms with Gasteiger partial charge in [-0.15, -0.1) is 0 Å². The van der Waals surface area contributed by atoms with Crippen LogP contribution in [-0.4, -0.2) is 40.5 Å². The van der Waals surface area contributed by atoms with Crippen molar-refractivity contribution >= 4 is 17.5 Å². The molecule has 42 heavy (non-hydrogen) atoms. The predicted molar refractivity (Wildman–Crippen MR) is 156 cm³/mol. The minimum absolute atomic E-state index is 0.0573. The smallest absolute Gasteiger partial charge is 0.344 e. The summed E-state index contributed by atoms with van der Waals surface area (Å²) in [6.07, 6.45) is -3.69. The molecule has 0 aliphatic carbocycles. The molecule has 218 valence electrons. The van der Waals surface area contributed by atoms with Crippen LogP contribution in [0, 0.1) is 6.92 Å². The van der Waals surface area contributed by atoms with Crippen molar-refractivity contribution in [3.05, 3.63) is 118 Å². The molecule has 0 atom stereocenters. The number of rotatable bonds is 11. The van der Waals surface area contributed by atoms with Gasteiger partial charge < -0.3 is 9.47 Å². The standard InChI is InChI=1S/C34H33F3N2O3/c1-23(40)19-25-13-15-28(16-14-25)33(42)38(3)17-8-18-39-24(2)30(22-31(39)27-10-5-4-6-11-27)32(41)21-26-9-7-12-29(20-26)34(35,36)37/h4-7,9-16,20,22H,8,17-19,21H2,1-3H3. The van der Waals surface area contributed by atoms with Gasteiger partial charge in [0.1, 0.15) is 5.78 Å². The Morgan fingerprint density at radius 1 is 0.833 bits per heavy atom. The normalized spacial score (nSPS) is 11.4. The lowest BCUT2D eigenvalue weighted by Gasteiger charge is -2.19. The van der Waals surface area contributed by atoms with Crippen molar-refractivity contribution in [2.24, 2.45) is 0 Å². The number of hydrogen-bond acceptors (Lipinski definition) is 3. The Hall–Kier alpha value is -4.46. The second-order valence-corrected chi connectivity index (χ2v) is 10.5. The summed E-state index contributed by atoms with van der Waals surface area (Å²) in [6.45, 7) is 4.36. The lowest BCUT2D eigenvalue weighted by molar-refractivity contribution is -0.137. The third-order valence-corrected chi connectivity index (χ3v) is 7.23. The lowest BCUT2D eigenvalue weighted by atomic mass is 10.0. The van der Waals surface area contributed by atoms with Gasteiger partial charge >= 0.3 is 6.18 Å². The summed E-state index contributed by atoms with van der Waals surface area (Å²) in [6, 6.07) is 23.3. The molecule has 0 bridgehead atoms. The summed E-state index contributed by atoms with van der Waals surface area (Å²) >= 11 is 0. The molecule has 0 aliphatic heterocycles. The van der Waals surface area contributed by atoms with E-state index < -0.39 is 11.7 Å². The molecule has 1 aromatic heterocycles. The van der Waals surface area contributed by atoms with Crippen molar-refractivity contribution in [1.29, 1.82) is 0 Å². The first kappa shape index (κ1) is 30.5. The highest BCUT2D eigenvalue weighted by Gasteiger charge is 2.30. The molecule has 0 radical (unpaired) electrons. The molecule has 0 spiro atoms. The van der Waals surface area contributed by atoms with Crippen molar-refractivity contribution in [3.63, 3.8) is 0 Å². The van der Waals surface area contributed by atoms with E-state index >= 15 is 0 Å². The Morgan fingerprint density at radius 3 is 2.17 bits per heavy atom. The molecular weight excluding hydrogens is 541 g/mol. The zero-order valence-electron chi connectivity index (χ0n) is 23.9. The number of Topliss-reactive ketones (excluding diaryl/α,β-unsaturated/α-hetero) is 2. The fraction of sp³-hybridized carbons (Fsp3) is 0.265. The van der Waals surface area contributed by atoms with E-state index in [1.54, 1.807) is 42.3 Å². The molecule has 5 nitrogen and oxygen atoms in total. The molecule has 0 saturated heterocycles. The predicted octanol–water partition coefficient (Wildman–Crippen LogP) is 7.20. The van der Waals surface area contributed by atoms with Crippen LogP contribution in [0.15, 0.2) is 84.9 Å². The zero-order chi connectivity index (χ0) is 30.4. The molecule has 0 fully saturated rings. The molecule has 1 amide bonds. The minimum Gasteiger partial charge on any atom is -0.344 e. The topological polar surface area (TPSA) is 59.4 Å². The van der Waals surface area contributed by atoms with Crippen LogP contribution in [0.1, 0.15) is 56.4 Å². The molecule has 0 N–H and O–H groups in total. The van der Waals surface area contributed by atoms with Gasteiger partial charge in [0.15, 0.2) is 5.78 Å². The first-order chi connectivity index (χ1) is 19.9. The molecule has 4 rings (SSSR count). The van der Waals surface area contributed by atoms with Crippen molar-refractivity contribution in [2.45, 2.75) is 45.8 Å². The van der Waals surface area contributed by atoms with Crippen LogP contribution in [0.2, 0.25) is 0 Å². The number of hydrogen-bond donors (Lipinski definition) is 0. The maximum Gasteiger partial charge on any atom is 0.416 e. The van der Waals surface area contributed by atoms with E-state index in [2.05, 4.69) is 0 Å². The molecule has 0 saturated carbocycles. The van der Waals surface area contributed by atoms with E-state index in [0.29, 0.717) is 42.6 Å². The molecule has 0 aliphatic rings. The second kappa shape index (κ2) is 13.0. The van der Waals surface area contributed by atoms with E-state index in [-0.39, 0.29) is 23.9 Å². The molecule has 8 heteroatoms. The van der Waals surface area contributed by atoms with Gasteiger partial charge in [-0.25, -0.2) is 0 Å². The number of halogens is 3. The fourth-order valence-electron chi connectivity index (χ4n) is 5.04. The highest BCUT2D eigenvalue weighted by atomic mass is 19.4. The van der Waals surface area contributed by atoms with Crippen molar-refractivity contribution < 1.29 is 27.6 Å². The Labute approximate surface area is 243 Å². The van der Waals surface area contributed by atoms with Gasteiger partial charge in [-0.2, -0.15) is 13.2 Å². The molecule has 0 unspecified atom stereocenters. The number of aromatic nitrogens is 1. The first-order valence-electron chi connectivity index (χ1n) is 13.7. The summed E-state index contributed by atoms with van der Waals surface area (Å²) < 4.78 is 41.6. The number of carbonyl (C=O) groups excluding carboxylic acids is 3. The molecule has 1 heterocycles. The Bertz CT molecular complexity index is 1570. The maximum atomic E-state index is 13.3. The van der Waals surface area contributed by atoms with Gasteiger partial charge in [0, 0.05) is 55.5 Å². The third-order valence-electron chi connectivity index (χ3n) is 7.23. The monoisotopic (exact) mass is 574 g/mol. The Morgan fingerprint density at radius 2 is 1.52 bits per heavy atom. The van der Waals surface area contributed by atoms with Crippen molar-refractivity contribution in [3.8, 4) is 11.3 Å². The fourth-order valence-corrected chi connectivity index (χ4v) is 5.04. The van der Waals surface area contributed by atoms with Crippen LogP contribution >= 0.6 is 0 Å². The average Bonchev–Trinajstić information content (AvgIpc) is 3.29. The van der Waals surface area contributed by atoms with Crippen LogP contribution < -0.4 is 0 Å². The number of carbonyl (C=O) groups is 3. The quantitative estimate of drug-likeness (QED) is 0.178. The number of ketones is 2. The van der Waals surface area contributed by atoms with Crippen LogP contribution in [-0.2, 0) is 30.4 Å². The van der Waals surface area contributed by atoms with Gasteiger partial charge in [-0.1, -0.05) is 60.7 Å². The minimum atomic E-state index is -4.48. The summed E-state index contributed by atoms with van der Waals surface area (Å²) in [5, 5.41) is 0. The second-order valence-electron chi connectivity index (χ2n) is 10.5. The Kier molecular flexibility index (Phi) is 9.45. The van der Waals surface area contributed by atoms with Crippen LogP contribution in [0.3, 0.4) is 0 Å². The van der Waals surface area contributed by atoms with Crippen LogP contribution in [0.25, 0.3) is 11.3 Å². The summed E-state index contributed by atoms with van der Waals surface area (Å²) in [7, 11) is 1.73. The largest absolute Gasteiger partial charge is 0.416 e. The van der Waals surface area contributed by atoms with E-state index in [1.807, 2.05) is 41.8 Å². The molecule has 3 aromatic carbocycles. The van der Waals surface area contributed by atoms with Gasteiger partial charge in [0.25, 0.3) is 5.91 Å². The van der Waals surface area contributed by atoms with E-state index in [1.165, 1.54) is 19.1 Å². The number of nitrogens with zero attached hydrogens (tertiary/aromatic N) is 2. The highest BCUT2D eigenvalue weighted by Crippen LogP contribution is 2.31. The average molecular weight is 575 g/mol. The lowest BCUT2D eigenvalue weighted by Crippen LogP contribution is -2.28. The third kappa shape index (κ3) is 7.43. The Balaban J connectivity index is 1.50. The van der Waals surface area contributed by atoms with E-state index in [9.17, 15) is 27.6 Å². The molecular formula is C34H33F3N2O3. The van der Waals surface area contributed by atoms with Gasteiger partial charge in [-0.05, 0) is 61.2 Å². The van der Waals surface area contributed by atoms with E-state index in [4.69, 9.17) is 0 Å². The zero-order valence-corrected chi connectivity index (χ0v) is 23.9. The highest BCUT2D eigenvalue weighted by molar-refractivity contribution is 6.00. The maximum absolute atomic E-state index is 13.3. The summed E-state index contributed by atoms with van der Waals surface area (Å²) in [5.74, 6) is -0.334. The SMILES string of the molecule is CC(=O)Cc1ccc(C(=O)N(C)CCCn2c(-c3ccccc3)cc(C(=O)Cc3cccc(C(F)(F)F)c3)c2C)cc1.